The number of hydrogen-bond donors (Lipinski definition) is 1. The number of carbonyl (C=O) groups excluding carboxylic acids is 3. The number of esters is 1. The molecule has 1 aliphatic rings. The Labute approximate surface area is 313 Å². The quantitative estimate of drug-likeness (QED) is 0.0907. The van der Waals surface area contributed by atoms with Gasteiger partial charge in [-0.3, -0.25) is 4.79 Å². The highest BCUT2D eigenvalue weighted by Crippen LogP contribution is 2.25. The first-order valence-electron chi connectivity index (χ1n) is 18.7. The second-order valence-corrected chi connectivity index (χ2v) is 14.5. The van der Waals surface area contributed by atoms with Crippen molar-refractivity contribution in [3.05, 3.63) is 102 Å². The van der Waals surface area contributed by atoms with Crippen molar-refractivity contribution in [3.63, 3.8) is 0 Å². The fourth-order valence-corrected chi connectivity index (χ4v) is 6.24. The lowest BCUT2D eigenvalue weighted by Crippen LogP contribution is -2.53. The zero-order valence-electron chi connectivity index (χ0n) is 31.4. The van der Waals surface area contributed by atoms with Gasteiger partial charge in [0.1, 0.15) is 30.0 Å². The third kappa shape index (κ3) is 11.9. The SMILES string of the molecule is CCCCCCCOc1ccc(-c2cnc(-c3ccc(C[C@H](NC(=O)OCc4ccccc4)C(=O)N4CCCC4C(=O)OC(C)(C)C)cc3)nc2)cc1. The van der Waals surface area contributed by atoms with E-state index < -0.39 is 29.7 Å². The minimum Gasteiger partial charge on any atom is -0.494 e. The summed E-state index contributed by atoms with van der Waals surface area (Å²) in [5.41, 5.74) is 3.66. The highest BCUT2D eigenvalue weighted by atomic mass is 16.6. The maximum atomic E-state index is 14.0. The van der Waals surface area contributed by atoms with Crippen LogP contribution in [0.1, 0.15) is 83.8 Å². The van der Waals surface area contributed by atoms with Crippen molar-refractivity contribution in [3.8, 4) is 28.3 Å². The van der Waals surface area contributed by atoms with Gasteiger partial charge in [0.05, 0.1) is 6.61 Å². The first-order chi connectivity index (χ1) is 25.6. The van der Waals surface area contributed by atoms with Crippen LogP contribution in [0.4, 0.5) is 4.79 Å². The molecule has 280 valence electrons. The van der Waals surface area contributed by atoms with Crippen molar-refractivity contribution in [2.45, 2.75) is 103 Å². The highest BCUT2D eigenvalue weighted by Gasteiger charge is 2.40. The molecule has 2 heterocycles. The van der Waals surface area contributed by atoms with Gasteiger partial charge in [0.25, 0.3) is 0 Å². The summed E-state index contributed by atoms with van der Waals surface area (Å²) in [6, 6.07) is 23.2. The molecule has 10 nitrogen and oxygen atoms in total. The van der Waals surface area contributed by atoms with E-state index in [4.69, 9.17) is 14.2 Å². The van der Waals surface area contributed by atoms with E-state index in [0.717, 1.165) is 46.6 Å². The molecular weight excluding hydrogens is 668 g/mol. The van der Waals surface area contributed by atoms with Gasteiger partial charge < -0.3 is 24.4 Å². The van der Waals surface area contributed by atoms with Crippen LogP contribution in [0.15, 0.2) is 91.3 Å². The largest absolute Gasteiger partial charge is 0.494 e. The molecule has 1 fully saturated rings. The molecule has 2 amide bonds. The highest BCUT2D eigenvalue weighted by molar-refractivity contribution is 5.90. The Morgan fingerprint density at radius 1 is 0.830 bits per heavy atom. The van der Waals surface area contributed by atoms with Gasteiger partial charge in [-0.05, 0) is 68.9 Å². The summed E-state index contributed by atoms with van der Waals surface area (Å²) in [5, 5.41) is 2.77. The van der Waals surface area contributed by atoms with E-state index in [1.807, 2.05) is 78.9 Å². The molecule has 5 rings (SSSR count). The Bertz CT molecular complexity index is 1760. The van der Waals surface area contributed by atoms with Gasteiger partial charge in [0, 0.05) is 36.5 Å². The summed E-state index contributed by atoms with van der Waals surface area (Å²) in [6.07, 6.45) is 10.3. The van der Waals surface area contributed by atoms with Crippen LogP contribution in [0.5, 0.6) is 5.75 Å². The number of rotatable bonds is 16. The molecule has 10 heteroatoms. The van der Waals surface area contributed by atoms with Gasteiger partial charge in [-0.1, -0.05) is 99.3 Å². The number of benzene rings is 3. The average Bonchev–Trinajstić information content (AvgIpc) is 3.66. The zero-order chi connectivity index (χ0) is 37.6. The van der Waals surface area contributed by atoms with E-state index in [2.05, 4.69) is 22.2 Å². The van der Waals surface area contributed by atoms with Gasteiger partial charge in [-0.25, -0.2) is 19.6 Å². The van der Waals surface area contributed by atoms with Crippen molar-refractivity contribution >= 4 is 18.0 Å². The second kappa shape index (κ2) is 19.0. The minimum absolute atomic E-state index is 0.0598. The topological polar surface area (TPSA) is 120 Å². The number of alkyl carbamates (subject to hydrolysis) is 1. The molecule has 0 aliphatic carbocycles. The van der Waals surface area contributed by atoms with Crippen LogP contribution in [0.25, 0.3) is 22.5 Å². The van der Waals surface area contributed by atoms with Crippen LogP contribution in [-0.2, 0) is 32.1 Å². The molecule has 1 aromatic heterocycles. The molecular formula is C43H52N4O6. The van der Waals surface area contributed by atoms with Gasteiger partial charge in [-0.2, -0.15) is 0 Å². The van der Waals surface area contributed by atoms with Crippen LogP contribution in [0, 0.1) is 0 Å². The standard InChI is InChI=1S/C43H52N4O6/c1-5-6-7-8-12-26-51-36-23-21-33(22-24-36)35-28-44-39(45-29-35)34-19-17-31(18-20-34)27-37(46-42(50)52-30-32-14-10-9-11-15-32)40(48)47-25-13-16-38(47)41(49)53-43(2,3)4/h9-11,14-15,17-24,28-29,37-38H,5-8,12-13,16,25-27,30H2,1-4H3,(H,46,50)/t37-,38?/m0/s1. The van der Waals surface area contributed by atoms with Gasteiger partial charge in [-0.15, -0.1) is 0 Å². The molecule has 0 bridgehead atoms. The van der Waals surface area contributed by atoms with Crippen LogP contribution in [-0.4, -0.2) is 63.7 Å². The minimum atomic E-state index is -0.967. The molecule has 1 aliphatic heterocycles. The van der Waals surface area contributed by atoms with Crippen molar-refractivity contribution in [1.82, 2.24) is 20.2 Å². The predicted octanol–water partition coefficient (Wildman–Crippen LogP) is 8.33. The van der Waals surface area contributed by atoms with Crippen LogP contribution in [0.2, 0.25) is 0 Å². The van der Waals surface area contributed by atoms with E-state index in [-0.39, 0.29) is 18.9 Å². The third-order valence-electron chi connectivity index (χ3n) is 9.03. The number of carbonyl (C=O) groups is 3. The monoisotopic (exact) mass is 720 g/mol. The van der Waals surface area contributed by atoms with Gasteiger partial charge in [0.2, 0.25) is 5.91 Å². The number of hydrogen-bond acceptors (Lipinski definition) is 8. The van der Waals surface area contributed by atoms with E-state index in [1.165, 1.54) is 30.6 Å². The molecule has 1 unspecified atom stereocenters. The van der Waals surface area contributed by atoms with Gasteiger partial charge in [0.15, 0.2) is 5.82 Å². The molecule has 0 spiro atoms. The first-order valence-corrected chi connectivity index (χ1v) is 18.7. The zero-order valence-corrected chi connectivity index (χ0v) is 31.4. The fraction of sp³-hybridized carbons (Fsp3) is 0.419. The van der Waals surface area contributed by atoms with Crippen LogP contribution < -0.4 is 10.1 Å². The first kappa shape index (κ1) is 39.0. The summed E-state index contributed by atoms with van der Waals surface area (Å²) < 4.78 is 17.0. The molecule has 3 aromatic carbocycles. The molecule has 2 atom stereocenters. The van der Waals surface area contributed by atoms with E-state index in [0.29, 0.717) is 25.2 Å². The smallest absolute Gasteiger partial charge is 0.408 e. The molecule has 4 aromatic rings. The summed E-state index contributed by atoms with van der Waals surface area (Å²) in [6.45, 7) is 8.79. The van der Waals surface area contributed by atoms with Gasteiger partial charge >= 0.3 is 12.1 Å². The summed E-state index contributed by atoms with van der Waals surface area (Å²) in [7, 11) is 0. The van der Waals surface area contributed by atoms with E-state index >= 15 is 0 Å². The number of unbranched alkanes of at least 4 members (excludes halogenated alkanes) is 4. The number of likely N-dealkylation sites (tertiary alicyclic amines) is 1. The van der Waals surface area contributed by atoms with Crippen molar-refractivity contribution in [2.24, 2.45) is 0 Å². The Hall–Kier alpha value is -5.25. The number of nitrogens with zero attached hydrogens (tertiary/aromatic N) is 3. The summed E-state index contributed by atoms with van der Waals surface area (Å²) in [4.78, 5) is 50.8. The van der Waals surface area contributed by atoms with Crippen LogP contribution >= 0.6 is 0 Å². The normalized spacial score (nSPS) is 14.7. The number of ether oxygens (including phenoxy) is 3. The van der Waals surface area contributed by atoms with Crippen molar-refractivity contribution < 1.29 is 28.6 Å². The lowest BCUT2D eigenvalue weighted by molar-refractivity contribution is -0.163. The maximum absolute atomic E-state index is 14.0. The molecule has 53 heavy (non-hydrogen) atoms. The Kier molecular flexibility index (Phi) is 14.0. The summed E-state index contributed by atoms with van der Waals surface area (Å²) >= 11 is 0. The summed E-state index contributed by atoms with van der Waals surface area (Å²) in [5.74, 6) is 0.614. The third-order valence-corrected chi connectivity index (χ3v) is 9.03. The Balaban J connectivity index is 1.23. The predicted molar refractivity (Wildman–Crippen MR) is 205 cm³/mol. The Morgan fingerprint density at radius 3 is 2.19 bits per heavy atom. The van der Waals surface area contributed by atoms with Crippen molar-refractivity contribution in [1.29, 1.82) is 0 Å². The molecule has 0 radical (unpaired) electrons. The molecule has 1 N–H and O–H groups in total. The molecule has 0 saturated carbocycles. The lowest BCUT2D eigenvalue weighted by Gasteiger charge is -2.30. The fourth-order valence-electron chi connectivity index (χ4n) is 6.24. The average molecular weight is 721 g/mol. The number of nitrogens with one attached hydrogen (secondary N) is 1. The van der Waals surface area contributed by atoms with E-state index in [1.54, 1.807) is 33.2 Å². The number of amides is 2. The molecule has 1 saturated heterocycles. The Morgan fingerprint density at radius 2 is 1.51 bits per heavy atom. The lowest BCUT2D eigenvalue weighted by atomic mass is 10.0. The van der Waals surface area contributed by atoms with Crippen LogP contribution in [0.3, 0.4) is 0 Å². The maximum Gasteiger partial charge on any atom is 0.408 e. The van der Waals surface area contributed by atoms with Crippen molar-refractivity contribution in [2.75, 3.05) is 13.2 Å². The number of aromatic nitrogens is 2. The second-order valence-electron chi connectivity index (χ2n) is 14.5. The van der Waals surface area contributed by atoms with E-state index in [9.17, 15) is 14.4 Å².